The van der Waals surface area contributed by atoms with Crippen molar-refractivity contribution in [3.8, 4) is 11.8 Å². The maximum Gasteiger partial charge on any atom is 0.123 e. The highest BCUT2D eigenvalue weighted by Crippen LogP contribution is 2.00. The molecule has 0 atom stereocenters. The first-order chi connectivity index (χ1) is 6.18. The van der Waals surface area contributed by atoms with Crippen molar-refractivity contribution in [2.45, 2.75) is 0 Å². The first-order valence-corrected chi connectivity index (χ1v) is 4.07. The van der Waals surface area contributed by atoms with E-state index in [0.29, 0.717) is 0 Å². The summed E-state index contributed by atoms with van der Waals surface area (Å²) < 4.78 is 12.5. The molecule has 0 N–H and O–H groups in total. The lowest BCUT2D eigenvalue weighted by atomic mass is 10.2. The van der Waals surface area contributed by atoms with Gasteiger partial charge in [0.15, 0.2) is 0 Å². The Labute approximate surface area is 78.2 Å². The van der Waals surface area contributed by atoms with E-state index in [4.69, 9.17) is 0 Å². The van der Waals surface area contributed by atoms with E-state index in [1.54, 1.807) is 12.1 Å². The van der Waals surface area contributed by atoms with Crippen LogP contribution in [-0.2, 0) is 0 Å². The van der Waals surface area contributed by atoms with Gasteiger partial charge in [-0.1, -0.05) is 11.8 Å². The van der Waals surface area contributed by atoms with Gasteiger partial charge in [-0.3, -0.25) is 4.90 Å². The van der Waals surface area contributed by atoms with Crippen molar-refractivity contribution in [3.63, 3.8) is 0 Å². The summed E-state index contributed by atoms with van der Waals surface area (Å²) in [5.74, 6) is 5.69. The molecule has 1 aromatic rings. The van der Waals surface area contributed by atoms with Gasteiger partial charge in [0.25, 0.3) is 0 Å². The number of halogens is 1. The van der Waals surface area contributed by atoms with E-state index in [1.807, 2.05) is 19.0 Å². The highest BCUT2D eigenvalue weighted by atomic mass is 19.1. The first kappa shape index (κ1) is 9.76. The highest BCUT2D eigenvalue weighted by Gasteiger charge is 1.88. The van der Waals surface area contributed by atoms with Crippen LogP contribution < -0.4 is 0 Å². The Morgan fingerprint density at radius 2 is 1.85 bits per heavy atom. The molecule has 0 saturated carbocycles. The standard InChI is InChI=1S/C11H12FN/c1-13(2)9-3-4-10-5-7-11(12)8-6-10/h5-8H,9H2,1-2H3. The van der Waals surface area contributed by atoms with Crippen molar-refractivity contribution in [2.75, 3.05) is 20.6 Å². The van der Waals surface area contributed by atoms with Crippen molar-refractivity contribution >= 4 is 0 Å². The molecule has 0 unspecified atom stereocenters. The molecule has 0 spiro atoms. The Morgan fingerprint density at radius 3 is 2.38 bits per heavy atom. The molecule has 0 bridgehead atoms. The average Bonchev–Trinajstić information content (AvgIpc) is 2.08. The van der Waals surface area contributed by atoms with Crippen LogP contribution in [0.2, 0.25) is 0 Å². The largest absolute Gasteiger partial charge is 0.299 e. The summed E-state index contributed by atoms with van der Waals surface area (Å²) in [5.41, 5.74) is 0.850. The summed E-state index contributed by atoms with van der Waals surface area (Å²) in [7, 11) is 3.92. The second kappa shape index (κ2) is 4.64. The van der Waals surface area contributed by atoms with E-state index in [-0.39, 0.29) is 5.82 Å². The van der Waals surface area contributed by atoms with Gasteiger partial charge in [-0.25, -0.2) is 4.39 Å². The van der Waals surface area contributed by atoms with Crippen LogP contribution in [0, 0.1) is 17.7 Å². The summed E-state index contributed by atoms with van der Waals surface area (Å²) in [4.78, 5) is 1.98. The minimum atomic E-state index is -0.224. The normalized spacial score (nSPS) is 9.54. The van der Waals surface area contributed by atoms with Crippen LogP contribution in [0.4, 0.5) is 4.39 Å². The topological polar surface area (TPSA) is 3.24 Å². The molecular weight excluding hydrogens is 165 g/mol. The Balaban J connectivity index is 2.62. The Hall–Kier alpha value is -1.33. The van der Waals surface area contributed by atoms with Crippen LogP contribution in [0.5, 0.6) is 0 Å². The zero-order valence-corrected chi connectivity index (χ0v) is 7.84. The molecule has 1 rings (SSSR count). The first-order valence-electron chi connectivity index (χ1n) is 4.07. The van der Waals surface area contributed by atoms with Gasteiger partial charge >= 0.3 is 0 Å². The smallest absolute Gasteiger partial charge is 0.123 e. The van der Waals surface area contributed by atoms with Crippen LogP contribution in [-0.4, -0.2) is 25.5 Å². The van der Waals surface area contributed by atoms with Gasteiger partial charge in [-0.2, -0.15) is 0 Å². The second-order valence-electron chi connectivity index (χ2n) is 3.05. The summed E-state index contributed by atoms with van der Waals surface area (Å²) >= 11 is 0. The third-order valence-electron chi connectivity index (χ3n) is 1.47. The Bertz CT molecular complexity index is 316. The molecule has 2 heteroatoms. The molecule has 0 aliphatic carbocycles. The van der Waals surface area contributed by atoms with Crippen LogP contribution in [0.25, 0.3) is 0 Å². The summed E-state index contributed by atoms with van der Waals surface area (Å²) in [6.45, 7) is 0.720. The summed E-state index contributed by atoms with van der Waals surface area (Å²) in [6.07, 6.45) is 0. The predicted molar refractivity (Wildman–Crippen MR) is 51.8 cm³/mol. The lowest BCUT2D eigenvalue weighted by Crippen LogP contribution is -2.10. The third-order valence-corrected chi connectivity index (χ3v) is 1.47. The molecule has 0 radical (unpaired) electrons. The molecular formula is C11H12FN. The fraction of sp³-hybridized carbons (Fsp3) is 0.273. The molecule has 68 valence electrons. The SMILES string of the molecule is CN(C)CC#Cc1ccc(F)cc1. The van der Waals surface area contributed by atoms with Gasteiger partial charge in [0, 0.05) is 5.56 Å². The van der Waals surface area contributed by atoms with E-state index in [2.05, 4.69) is 11.8 Å². The molecule has 0 aromatic heterocycles. The molecule has 0 aliphatic heterocycles. The van der Waals surface area contributed by atoms with Gasteiger partial charge in [-0.15, -0.1) is 0 Å². The zero-order chi connectivity index (χ0) is 9.68. The maximum atomic E-state index is 12.5. The zero-order valence-electron chi connectivity index (χ0n) is 7.84. The van der Waals surface area contributed by atoms with Crippen molar-refractivity contribution in [1.82, 2.24) is 4.90 Å². The summed E-state index contributed by atoms with van der Waals surface area (Å²) in [5, 5.41) is 0. The predicted octanol–water partition coefficient (Wildman–Crippen LogP) is 1.74. The van der Waals surface area contributed by atoms with Gasteiger partial charge < -0.3 is 0 Å². The van der Waals surface area contributed by atoms with E-state index in [9.17, 15) is 4.39 Å². The number of rotatable bonds is 1. The number of hydrogen-bond acceptors (Lipinski definition) is 1. The number of benzene rings is 1. The van der Waals surface area contributed by atoms with Crippen LogP contribution in [0.15, 0.2) is 24.3 Å². The van der Waals surface area contributed by atoms with E-state index in [0.717, 1.165) is 12.1 Å². The Morgan fingerprint density at radius 1 is 1.23 bits per heavy atom. The fourth-order valence-electron chi connectivity index (χ4n) is 0.833. The second-order valence-corrected chi connectivity index (χ2v) is 3.05. The third kappa shape index (κ3) is 3.73. The van der Waals surface area contributed by atoms with Crippen molar-refractivity contribution in [2.24, 2.45) is 0 Å². The number of hydrogen-bond donors (Lipinski definition) is 0. The monoisotopic (exact) mass is 177 g/mol. The van der Waals surface area contributed by atoms with Gasteiger partial charge in [0.05, 0.1) is 6.54 Å². The minimum Gasteiger partial charge on any atom is -0.299 e. The van der Waals surface area contributed by atoms with Crippen molar-refractivity contribution < 1.29 is 4.39 Å². The lowest BCUT2D eigenvalue weighted by molar-refractivity contribution is 0.464. The van der Waals surface area contributed by atoms with E-state index >= 15 is 0 Å². The van der Waals surface area contributed by atoms with Crippen LogP contribution in [0.3, 0.4) is 0 Å². The molecule has 0 saturated heterocycles. The Kier molecular flexibility index (Phi) is 3.48. The molecule has 0 amide bonds. The number of nitrogens with zero attached hydrogens (tertiary/aromatic N) is 1. The molecule has 1 aromatic carbocycles. The minimum absolute atomic E-state index is 0.224. The quantitative estimate of drug-likeness (QED) is 0.590. The van der Waals surface area contributed by atoms with Crippen molar-refractivity contribution in [3.05, 3.63) is 35.6 Å². The van der Waals surface area contributed by atoms with E-state index < -0.39 is 0 Å². The molecule has 0 heterocycles. The van der Waals surface area contributed by atoms with Gasteiger partial charge in [-0.05, 0) is 38.4 Å². The van der Waals surface area contributed by atoms with Gasteiger partial charge in [0.1, 0.15) is 5.82 Å². The summed E-state index contributed by atoms with van der Waals surface area (Å²) in [6, 6.07) is 6.19. The maximum absolute atomic E-state index is 12.5. The van der Waals surface area contributed by atoms with Crippen LogP contribution >= 0.6 is 0 Å². The molecule has 0 fully saturated rings. The lowest BCUT2D eigenvalue weighted by Gasteiger charge is -2.00. The molecule has 1 nitrogen and oxygen atoms in total. The van der Waals surface area contributed by atoms with E-state index in [1.165, 1.54) is 12.1 Å². The molecule has 0 aliphatic rings. The highest BCUT2D eigenvalue weighted by molar-refractivity contribution is 5.34. The fourth-order valence-corrected chi connectivity index (χ4v) is 0.833. The van der Waals surface area contributed by atoms with Crippen LogP contribution in [0.1, 0.15) is 5.56 Å². The van der Waals surface area contributed by atoms with Crippen molar-refractivity contribution in [1.29, 1.82) is 0 Å². The average molecular weight is 177 g/mol. The van der Waals surface area contributed by atoms with Gasteiger partial charge in [0.2, 0.25) is 0 Å². The molecule has 13 heavy (non-hydrogen) atoms.